The van der Waals surface area contributed by atoms with Gasteiger partial charge in [0, 0.05) is 18.7 Å². The number of anilines is 1. The van der Waals surface area contributed by atoms with Crippen molar-refractivity contribution < 1.29 is 8.42 Å². The highest BCUT2D eigenvalue weighted by Gasteiger charge is 2.20. The van der Waals surface area contributed by atoms with Gasteiger partial charge >= 0.3 is 0 Å². The molecule has 1 heterocycles. The normalized spacial score (nSPS) is 11.4. The van der Waals surface area contributed by atoms with Gasteiger partial charge in [-0.15, -0.1) is 0 Å². The van der Waals surface area contributed by atoms with Crippen LogP contribution in [0, 0.1) is 6.92 Å². The van der Waals surface area contributed by atoms with Crippen molar-refractivity contribution in [3.05, 3.63) is 40.5 Å². The van der Waals surface area contributed by atoms with Crippen LogP contribution in [-0.4, -0.2) is 23.2 Å². The number of nitrogens with two attached hydrogens (primary N) is 1. The van der Waals surface area contributed by atoms with Crippen LogP contribution in [0.25, 0.3) is 0 Å². The fraction of sp³-hybridized carbons (Fsp3) is 0.167. The van der Waals surface area contributed by atoms with Gasteiger partial charge in [-0.05, 0) is 19.1 Å². The van der Waals surface area contributed by atoms with Gasteiger partial charge in [0.2, 0.25) is 0 Å². The summed E-state index contributed by atoms with van der Waals surface area (Å²) in [6.07, 6.45) is 0. The molecule has 1 aromatic heterocycles. The van der Waals surface area contributed by atoms with Crippen molar-refractivity contribution in [2.45, 2.75) is 11.8 Å². The van der Waals surface area contributed by atoms with E-state index < -0.39 is 10.0 Å². The van der Waals surface area contributed by atoms with Crippen molar-refractivity contribution in [2.75, 3.05) is 4.72 Å². The molecule has 9 heteroatoms. The molecule has 0 aliphatic heterocycles. The first-order chi connectivity index (χ1) is 9.70. The molecule has 1 aromatic carbocycles. The zero-order valence-electron chi connectivity index (χ0n) is 11.3. The minimum atomic E-state index is -3.87. The quantitative estimate of drug-likeness (QED) is 0.826. The molecule has 0 amide bonds. The predicted octanol–water partition coefficient (Wildman–Crippen LogP) is 1.82. The summed E-state index contributed by atoms with van der Waals surface area (Å²) in [6.45, 7) is 1.76. The van der Waals surface area contributed by atoms with Crippen LogP contribution in [-0.2, 0) is 17.1 Å². The average molecular weight is 345 g/mol. The first kappa shape index (κ1) is 15.7. The van der Waals surface area contributed by atoms with Gasteiger partial charge in [-0.25, -0.2) is 8.42 Å². The van der Waals surface area contributed by atoms with Crippen LogP contribution in [0.3, 0.4) is 0 Å². The Morgan fingerprint density at radius 3 is 2.62 bits per heavy atom. The predicted molar refractivity (Wildman–Crippen MR) is 86.1 cm³/mol. The van der Waals surface area contributed by atoms with E-state index in [1.165, 1.54) is 16.8 Å². The van der Waals surface area contributed by atoms with Crippen LogP contribution in [0.5, 0.6) is 0 Å². The molecule has 2 rings (SSSR count). The summed E-state index contributed by atoms with van der Waals surface area (Å²) in [6, 6.07) is 5.97. The fourth-order valence-corrected chi connectivity index (χ4v) is 3.49. The van der Waals surface area contributed by atoms with E-state index in [1.54, 1.807) is 26.1 Å². The number of hydrogen-bond acceptors (Lipinski definition) is 4. The third-order valence-corrected chi connectivity index (χ3v) is 4.82. The topological polar surface area (TPSA) is 90.0 Å². The summed E-state index contributed by atoms with van der Waals surface area (Å²) in [5.74, 6) is 0.337. The van der Waals surface area contributed by atoms with Gasteiger partial charge in [-0.3, -0.25) is 9.40 Å². The van der Waals surface area contributed by atoms with Gasteiger partial charge in [0.05, 0.1) is 10.7 Å². The average Bonchev–Trinajstić information content (AvgIpc) is 2.67. The molecule has 0 unspecified atom stereocenters. The molecule has 0 radical (unpaired) electrons. The van der Waals surface area contributed by atoms with Crippen molar-refractivity contribution in [3.63, 3.8) is 0 Å². The third kappa shape index (κ3) is 3.34. The lowest BCUT2D eigenvalue weighted by atomic mass is 10.2. The maximum Gasteiger partial charge on any atom is 0.264 e. The fourth-order valence-electron chi connectivity index (χ4n) is 1.76. The Kier molecular flexibility index (Phi) is 4.22. The summed E-state index contributed by atoms with van der Waals surface area (Å²) in [7, 11) is -2.23. The summed E-state index contributed by atoms with van der Waals surface area (Å²) < 4.78 is 28.7. The van der Waals surface area contributed by atoms with Crippen LogP contribution in [0.4, 0.5) is 5.82 Å². The molecule has 0 saturated heterocycles. The third-order valence-electron chi connectivity index (χ3n) is 2.75. The van der Waals surface area contributed by atoms with Gasteiger partial charge in [-0.1, -0.05) is 29.9 Å². The molecule has 0 atom stereocenters. The minimum Gasteiger partial charge on any atom is -0.389 e. The van der Waals surface area contributed by atoms with Gasteiger partial charge < -0.3 is 5.73 Å². The Morgan fingerprint density at radius 2 is 2.10 bits per heavy atom. The van der Waals surface area contributed by atoms with Crippen LogP contribution < -0.4 is 10.5 Å². The van der Waals surface area contributed by atoms with Gasteiger partial charge in [0.1, 0.15) is 15.7 Å². The molecule has 0 spiro atoms. The Balaban J connectivity index is 2.46. The highest BCUT2D eigenvalue weighted by atomic mass is 35.5. The molecule has 112 valence electrons. The molecule has 0 fully saturated rings. The van der Waals surface area contributed by atoms with E-state index in [4.69, 9.17) is 29.6 Å². The minimum absolute atomic E-state index is 0.0846. The number of hydrogen-bond donors (Lipinski definition) is 2. The SMILES string of the molecule is Cc1cc(NS(=O)(=O)c2cc(C(N)=S)ccc2Cl)n(C)n1. The second-order valence-corrected chi connectivity index (χ2v) is 6.91. The summed E-state index contributed by atoms with van der Waals surface area (Å²) >= 11 is 10.8. The maximum absolute atomic E-state index is 12.4. The molecule has 21 heavy (non-hydrogen) atoms. The molecule has 0 aliphatic rings. The van der Waals surface area contributed by atoms with Crippen molar-refractivity contribution in [1.29, 1.82) is 0 Å². The zero-order chi connectivity index (χ0) is 15.8. The van der Waals surface area contributed by atoms with Gasteiger partial charge in [-0.2, -0.15) is 5.10 Å². The number of rotatable bonds is 4. The van der Waals surface area contributed by atoms with Gasteiger partial charge in [0.15, 0.2) is 0 Å². The molecular weight excluding hydrogens is 332 g/mol. The molecule has 0 aliphatic carbocycles. The van der Waals surface area contributed by atoms with E-state index in [-0.39, 0.29) is 14.9 Å². The Hall–Kier alpha value is -1.64. The zero-order valence-corrected chi connectivity index (χ0v) is 13.7. The van der Waals surface area contributed by atoms with E-state index in [9.17, 15) is 8.42 Å². The van der Waals surface area contributed by atoms with Crippen molar-refractivity contribution in [1.82, 2.24) is 9.78 Å². The number of aromatic nitrogens is 2. The Bertz CT molecular complexity index is 815. The molecule has 2 aromatic rings. The number of thiocarbonyl (C=S) groups is 1. The highest BCUT2D eigenvalue weighted by Crippen LogP contribution is 2.25. The number of aryl methyl sites for hydroxylation is 2. The highest BCUT2D eigenvalue weighted by molar-refractivity contribution is 7.92. The van der Waals surface area contributed by atoms with Crippen LogP contribution in [0.2, 0.25) is 5.02 Å². The number of benzene rings is 1. The van der Waals surface area contributed by atoms with Crippen LogP contribution in [0.15, 0.2) is 29.2 Å². The van der Waals surface area contributed by atoms with Crippen LogP contribution in [0.1, 0.15) is 11.3 Å². The summed E-state index contributed by atoms with van der Waals surface area (Å²) in [5, 5.41) is 4.16. The van der Waals surface area contributed by atoms with E-state index in [1.807, 2.05) is 0 Å². The van der Waals surface area contributed by atoms with Crippen LogP contribution >= 0.6 is 23.8 Å². The molecule has 6 nitrogen and oxygen atoms in total. The summed E-state index contributed by atoms with van der Waals surface area (Å²) in [5.41, 5.74) is 6.63. The van der Waals surface area contributed by atoms with Gasteiger partial charge in [0.25, 0.3) is 10.0 Å². The molecular formula is C12H13ClN4O2S2. The largest absolute Gasteiger partial charge is 0.389 e. The monoisotopic (exact) mass is 344 g/mol. The second kappa shape index (κ2) is 5.63. The number of nitrogens with zero attached hydrogens (tertiary/aromatic N) is 2. The molecule has 0 bridgehead atoms. The first-order valence-corrected chi connectivity index (χ1v) is 8.10. The summed E-state index contributed by atoms with van der Waals surface area (Å²) in [4.78, 5) is 0.00724. The lowest BCUT2D eigenvalue weighted by Gasteiger charge is -2.10. The molecule has 0 saturated carbocycles. The number of nitrogens with one attached hydrogen (secondary N) is 1. The van der Waals surface area contributed by atoms with Crippen molar-refractivity contribution >= 4 is 44.6 Å². The number of sulfonamides is 1. The van der Waals surface area contributed by atoms with E-state index in [0.29, 0.717) is 17.1 Å². The lowest BCUT2D eigenvalue weighted by Crippen LogP contribution is -2.17. The van der Waals surface area contributed by atoms with Crippen molar-refractivity contribution in [2.24, 2.45) is 12.8 Å². The smallest absolute Gasteiger partial charge is 0.264 e. The van der Waals surface area contributed by atoms with E-state index in [2.05, 4.69) is 9.82 Å². The van der Waals surface area contributed by atoms with E-state index >= 15 is 0 Å². The first-order valence-electron chi connectivity index (χ1n) is 5.83. The standard InChI is InChI=1S/C12H13ClN4O2S2/c1-7-5-11(17(2)15-7)16-21(18,19)10-6-8(12(14)20)3-4-9(10)13/h3-6,16H,1-2H3,(H2,14,20). The lowest BCUT2D eigenvalue weighted by molar-refractivity contribution is 0.600. The number of halogens is 1. The molecule has 3 N–H and O–H groups in total. The van der Waals surface area contributed by atoms with E-state index in [0.717, 1.165) is 0 Å². The Labute approximate surface area is 133 Å². The second-order valence-electron chi connectivity index (χ2n) is 4.41. The maximum atomic E-state index is 12.4. The Morgan fingerprint density at radius 1 is 1.43 bits per heavy atom. The van der Waals surface area contributed by atoms with Crippen molar-refractivity contribution in [3.8, 4) is 0 Å².